The van der Waals surface area contributed by atoms with E-state index in [1.807, 2.05) is 30.1 Å². The average Bonchev–Trinajstić information content (AvgIpc) is 3.07. The first-order valence-electron chi connectivity index (χ1n) is 7.69. The van der Waals surface area contributed by atoms with E-state index in [1.165, 1.54) is 19.2 Å². The van der Waals surface area contributed by atoms with Crippen LogP contribution in [0.1, 0.15) is 15.9 Å². The fourth-order valence-electron chi connectivity index (χ4n) is 2.69. The summed E-state index contributed by atoms with van der Waals surface area (Å²) in [6.45, 7) is 0. The molecule has 2 heterocycles. The van der Waals surface area contributed by atoms with Crippen LogP contribution in [0, 0.1) is 11.3 Å². The second kappa shape index (κ2) is 6.61. The zero-order chi connectivity index (χ0) is 18.8. The molecule has 3 aromatic rings. The molecule has 3 rings (SSSR count). The van der Waals surface area contributed by atoms with Crippen molar-refractivity contribution in [3.63, 3.8) is 0 Å². The lowest BCUT2D eigenvalue weighted by Crippen LogP contribution is -2.03. The molecule has 0 spiro atoms. The number of rotatable bonds is 3. The minimum atomic E-state index is -0.673. The highest BCUT2D eigenvalue weighted by Crippen LogP contribution is 2.33. The van der Waals surface area contributed by atoms with Crippen molar-refractivity contribution in [3.05, 3.63) is 53.9 Å². The standard InChI is InChI=1S/C19H16N4O3/c1-23-6-5-12(10-23)16-8-13(15(9-20)18(21)22-16)11-3-4-17(24)14(7-11)19(25)26-2/h3-8,10,24H,1-2H3,(H2,21,22). The van der Waals surface area contributed by atoms with Gasteiger partial charge in [-0.25, -0.2) is 9.78 Å². The van der Waals surface area contributed by atoms with Crippen LogP contribution in [0.2, 0.25) is 0 Å². The maximum absolute atomic E-state index is 11.8. The monoisotopic (exact) mass is 348 g/mol. The number of nitrogen functional groups attached to an aromatic ring is 1. The quantitative estimate of drug-likeness (QED) is 0.703. The number of carbonyl (C=O) groups is 1. The van der Waals surface area contributed by atoms with Crippen molar-refractivity contribution < 1.29 is 14.6 Å². The molecule has 0 radical (unpaired) electrons. The number of carbonyl (C=O) groups excluding carboxylic acids is 1. The van der Waals surface area contributed by atoms with Gasteiger partial charge in [-0.1, -0.05) is 6.07 Å². The van der Waals surface area contributed by atoms with E-state index < -0.39 is 5.97 Å². The number of esters is 1. The largest absolute Gasteiger partial charge is 0.507 e. The molecule has 0 aliphatic rings. The number of ether oxygens (including phenoxy) is 1. The van der Waals surface area contributed by atoms with Gasteiger partial charge in [-0.2, -0.15) is 5.26 Å². The Bertz CT molecular complexity index is 1050. The van der Waals surface area contributed by atoms with Gasteiger partial charge in [-0.15, -0.1) is 0 Å². The van der Waals surface area contributed by atoms with Crippen LogP contribution in [0.25, 0.3) is 22.4 Å². The van der Waals surface area contributed by atoms with Crippen molar-refractivity contribution in [2.24, 2.45) is 7.05 Å². The number of hydrogen-bond donors (Lipinski definition) is 2. The molecule has 0 amide bonds. The summed E-state index contributed by atoms with van der Waals surface area (Å²) in [6, 6.07) is 10.1. The van der Waals surface area contributed by atoms with E-state index >= 15 is 0 Å². The molecule has 26 heavy (non-hydrogen) atoms. The summed E-state index contributed by atoms with van der Waals surface area (Å²) < 4.78 is 6.56. The molecule has 0 bridgehead atoms. The van der Waals surface area contributed by atoms with E-state index in [0.717, 1.165) is 5.56 Å². The second-order valence-electron chi connectivity index (χ2n) is 5.72. The van der Waals surface area contributed by atoms with Crippen molar-refractivity contribution in [1.29, 1.82) is 5.26 Å². The van der Waals surface area contributed by atoms with Gasteiger partial charge in [0.25, 0.3) is 0 Å². The topological polar surface area (TPSA) is 114 Å². The first-order chi connectivity index (χ1) is 12.4. The number of aryl methyl sites for hydroxylation is 1. The van der Waals surface area contributed by atoms with Crippen molar-refractivity contribution in [1.82, 2.24) is 9.55 Å². The van der Waals surface area contributed by atoms with Crippen LogP contribution >= 0.6 is 0 Å². The van der Waals surface area contributed by atoms with Gasteiger partial charge >= 0.3 is 5.97 Å². The first kappa shape index (κ1) is 17.0. The molecule has 0 aliphatic heterocycles. The van der Waals surface area contributed by atoms with Crippen molar-refractivity contribution in [3.8, 4) is 34.2 Å². The molecule has 3 N–H and O–H groups in total. The van der Waals surface area contributed by atoms with E-state index in [0.29, 0.717) is 16.8 Å². The maximum atomic E-state index is 11.8. The van der Waals surface area contributed by atoms with Crippen molar-refractivity contribution in [2.75, 3.05) is 12.8 Å². The molecule has 0 aliphatic carbocycles. The molecule has 7 nitrogen and oxygen atoms in total. The Hall–Kier alpha value is -3.79. The number of nitriles is 1. The van der Waals surface area contributed by atoms with Crippen LogP contribution < -0.4 is 5.73 Å². The summed E-state index contributed by atoms with van der Waals surface area (Å²) in [5.41, 5.74) is 8.70. The normalized spacial score (nSPS) is 10.3. The number of benzene rings is 1. The van der Waals surface area contributed by atoms with Crippen LogP contribution in [0.5, 0.6) is 5.75 Å². The number of pyridine rings is 1. The lowest BCUT2D eigenvalue weighted by molar-refractivity contribution is 0.0597. The maximum Gasteiger partial charge on any atom is 0.341 e. The minimum absolute atomic E-state index is 0.00512. The smallest absolute Gasteiger partial charge is 0.341 e. The second-order valence-corrected chi connectivity index (χ2v) is 5.72. The molecule has 0 saturated carbocycles. The Morgan fingerprint density at radius 3 is 2.69 bits per heavy atom. The Balaban J connectivity index is 2.22. The highest BCUT2D eigenvalue weighted by Gasteiger charge is 2.17. The molecule has 0 saturated heterocycles. The summed E-state index contributed by atoms with van der Waals surface area (Å²) >= 11 is 0. The van der Waals surface area contributed by atoms with Gasteiger partial charge in [-0.05, 0) is 29.8 Å². The van der Waals surface area contributed by atoms with Crippen LogP contribution in [0.15, 0.2) is 42.7 Å². The van der Waals surface area contributed by atoms with Gasteiger partial charge in [0.1, 0.15) is 28.8 Å². The number of methoxy groups -OCH3 is 1. The lowest BCUT2D eigenvalue weighted by atomic mass is 9.97. The minimum Gasteiger partial charge on any atom is -0.507 e. The fourth-order valence-corrected chi connectivity index (χ4v) is 2.69. The fraction of sp³-hybridized carbons (Fsp3) is 0.105. The third-order valence-corrected chi connectivity index (χ3v) is 4.00. The molecular weight excluding hydrogens is 332 g/mol. The highest BCUT2D eigenvalue weighted by molar-refractivity contribution is 5.94. The Labute approximate surface area is 149 Å². The summed E-state index contributed by atoms with van der Waals surface area (Å²) in [6.07, 6.45) is 3.76. The van der Waals surface area contributed by atoms with Crippen molar-refractivity contribution in [2.45, 2.75) is 0 Å². The predicted molar refractivity (Wildman–Crippen MR) is 96.2 cm³/mol. The van der Waals surface area contributed by atoms with E-state index in [2.05, 4.69) is 15.8 Å². The molecule has 7 heteroatoms. The molecular formula is C19H16N4O3. The molecule has 0 unspecified atom stereocenters. The SMILES string of the molecule is COC(=O)c1cc(-c2cc(-c3ccn(C)c3)nc(N)c2C#N)ccc1O. The van der Waals surface area contributed by atoms with Gasteiger partial charge in [0, 0.05) is 30.6 Å². The average molecular weight is 348 g/mol. The number of hydrogen-bond acceptors (Lipinski definition) is 6. The Morgan fingerprint density at radius 2 is 2.08 bits per heavy atom. The van der Waals surface area contributed by atoms with Gasteiger partial charge in [0.15, 0.2) is 0 Å². The number of phenolic OH excluding ortho intramolecular Hbond substituents is 1. The zero-order valence-electron chi connectivity index (χ0n) is 14.2. The molecule has 0 fully saturated rings. The molecule has 2 aromatic heterocycles. The first-order valence-corrected chi connectivity index (χ1v) is 7.69. The number of nitrogens with two attached hydrogens (primary N) is 1. The molecule has 0 atom stereocenters. The van der Waals surface area contributed by atoms with Gasteiger partial charge in [0.05, 0.1) is 12.8 Å². The van der Waals surface area contributed by atoms with E-state index in [1.54, 1.807) is 12.1 Å². The third kappa shape index (κ3) is 2.96. The molecule has 1 aromatic carbocycles. The Kier molecular flexibility index (Phi) is 4.33. The molecule has 130 valence electrons. The number of aromatic hydroxyl groups is 1. The Morgan fingerprint density at radius 1 is 1.31 bits per heavy atom. The predicted octanol–water partition coefficient (Wildman–Crippen LogP) is 2.70. The van der Waals surface area contributed by atoms with Gasteiger partial charge in [0.2, 0.25) is 0 Å². The summed E-state index contributed by atoms with van der Waals surface area (Å²) in [4.78, 5) is 16.1. The summed E-state index contributed by atoms with van der Waals surface area (Å²) in [7, 11) is 3.12. The van der Waals surface area contributed by atoms with Crippen LogP contribution in [0.4, 0.5) is 5.82 Å². The number of anilines is 1. The summed E-state index contributed by atoms with van der Waals surface area (Å²) in [5.74, 6) is -0.783. The zero-order valence-corrected chi connectivity index (χ0v) is 14.2. The highest BCUT2D eigenvalue weighted by atomic mass is 16.5. The van der Waals surface area contributed by atoms with E-state index in [4.69, 9.17) is 5.73 Å². The van der Waals surface area contributed by atoms with Crippen molar-refractivity contribution >= 4 is 11.8 Å². The third-order valence-electron chi connectivity index (χ3n) is 4.00. The van der Waals surface area contributed by atoms with Gasteiger partial charge < -0.3 is 20.1 Å². The number of phenols is 1. The van der Waals surface area contributed by atoms with Crippen LogP contribution in [-0.2, 0) is 11.8 Å². The van der Waals surface area contributed by atoms with Gasteiger partial charge in [-0.3, -0.25) is 0 Å². The van der Waals surface area contributed by atoms with E-state index in [9.17, 15) is 15.2 Å². The van der Waals surface area contributed by atoms with E-state index in [-0.39, 0.29) is 22.7 Å². The summed E-state index contributed by atoms with van der Waals surface area (Å²) in [5, 5.41) is 19.4. The number of aromatic nitrogens is 2. The lowest BCUT2D eigenvalue weighted by Gasteiger charge is -2.11. The van der Waals surface area contributed by atoms with Crippen LogP contribution in [0.3, 0.4) is 0 Å². The number of nitrogens with zero attached hydrogens (tertiary/aromatic N) is 3. The van der Waals surface area contributed by atoms with Crippen LogP contribution in [-0.4, -0.2) is 27.7 Å².